The first-order valence-corrected chi connectivity index (χ1v) is 11.0. The lowest BCUT2D eigenvalue weighted by molar-refractivity contribution is 0.242. The van der Waals surface area contributed by atoms with E-state index >= 15 is 0 Å². The van der Waals surface area contributed by atoms with Crippen LogP contribution in [0.25, 0.3) is 11.0 Å². The number of hydrogen-bond donors (Lipinski definition) is 1. The van der Waals surface area contributed by atoms with Crippen LogP contribution in [0, 0.1) is 6.92 Å². The van der Waals surface area contributed by atoms with Gasteiger partial charge in [-0.1, -0.05) is 30.3 Å². The van der Waals surface area contributed by atoms with Crippen molar-refractivity contribution >= 4 is 28.1 Å². The Kier molecular flexibility index (Phi) is 5.35. The molecule has 1 fully saturated rings. The third kappa shape index (κ3) is 4.14. The van der Waals surface area contributed by atoms with Gasteiger partial charge in [-0.2, -0.15) is 0 Å². The van der Waals surface area contributed by atoms with Gasteiger partial charge in [0, 0.05) is 50.3 Å². The molecule has 4 aromatic rings. The number of aryl methyl sites for hydroxylation is 2. The largest absolute Gasteiger partial charge is 0.369 e. The fraction of sp³-hybridized carbons (Fsp3) is 0.269. The van der Waals surface area contributed by atoms with Crippen molar-refractivity contribution in [2.45, 2.75) is 13.5 Å². The molecule has 1 N–H and O–H groups in total. The predicted molar refractivity (Wildman–Crippen MR) is 129 cm³/mol. The van der Waals surface area contributed by atoms with Crippen LogP contribution in [0.2, 0.25) is 0 Å². The Morgan fingerprint density at radius 1 is 0.839 bits per heavy atom. The average molecular weight is 412 g/mol. The molecule has 31 heavy (non-hydrogen) atoms. The molecule has 158 valence electrons. The number of imidazole rings is 1. The molecule has 0 atom stereocenters. The van der Waals surface area contributed by atoms with Crippen molar-refractivity contribution in [1.29, 1.82) is 0 Å². The van der Waals surface area contributed by atoms with Crippen LogP contribution in [0.4, 0.5) is 17.1 Å². The minimum Gasteiger partial charge on any atom is -0.369 e. The molecule has 0 unspecified atom stereocenters. The first kappa shape index (κ1) is 19.6. The highest BCUT2D eigenvalue weighted by molar-refractivity contribution is 5.75. The van der Waals surface area contributed by atoms with Crippen molar-refractivity contribution in [3.05, 3.63) is 84.2 Å². The molecular formula is C26H29N5. The van der Waals surface area contributed by atoms with E-state index in [2.05, 4.69) is 106 Å². The molecule has 0 radical (unpaired) electrons. The lowest BCUT2D eigenvalue weighted by atomic mass is 10.2. The molecule has 0 spiro atoms. The van der Waals surface area contributed by atoms with Gasteiger partial charge in [0.25, 0.3) is 0 Å². The Labute approximate surface area is 183 Å². The van der Waals surface area contributed by atoms with Gasteiger partial charge in [-0.25, -0.2) is 4.98 Å². The Morgan fingerprint density at radius 3 is 2.29 bits per heavy atom. The molecule has 5 rings (SSSR count). The highest BCUT2D eigenvalue weighted by Crippen LogP contribution is 2.24. The normalized spacial score (nSPS) is 14.8. The summed E-state index contributed by atoms with van der Waals surface area (Å²) in [5.41, 5.74) is 7.11. The summed E-state index contributed by atoms with van der Waals surface area (Å²) in [4.78, 5) is 9.82. The van der Waals surface area contributed by atoms with Crippen LogP contribution < -0.4 is 10.2 Å². The van der Waals surface area contributed by atoms with Gasteiger partial charge in [-0.15, -0.1) is 0 Å². The lowest BCUT2D eigenvalue weighted by Crippen LogP contribution is -2.46. The third-order valence-electron chi connectivity index (χ3n) is 6.27. The number of para-hydroxylation sites is 3. The van der Waals surface area contributed by atoms with Gasteiger partial charge >= 0.3 is 0 Å². The Balaban J connectivity index is 1.19. The van der Waals surface area contributed by atoms with Gasteiger partial charge in [-0.05, 0) is 55.0 Å². The molecular weight excluding hydrogens is 382 g/mol. The van der Waals surface area contributed by atoms with E-state index in [1.807, 2.05) is 0 Å². The highest BCUT2D eigenvalue weighted by Gasteiger charge is 2.19. The summed E-state index contributed by atoms with van der Waals surface area (Å²) < 4.78 is 2.22. The van der Waals surface area contributed by atoms with E-state index in [9.17, 15) is 0 Å². The van der Waals surface area contributed by atoms with E-state index in [-0.39, 0.29) is 0 Å². The summed E-state index contributed by atoms with van der Waals surface area (Å²) in [7, 11) is 2.12. The molecule has 1 saturated heterocycles. The van der Waals surface area contributed by atoms with E-state index in [0.29, 0.717) is 0 Å². The van der Waals surface area contributed by atoms with Crippen LogP contribution in [-0.2, 0) is 13.6 Å². The average Bonchev–Trinajstić information content (AvgIpc) is 3.12. The number of fused-ring (bicyclic) bond motifs is 1. The summed E-state index contributed by atoms with van der Waals surface area (Å²) in [5, 5.41) is 3.52. The number of nitrogens with one attached hydrogen (secondary N) is 1. The number of benzene rings is 3. The van der Waals surface area contributed by atoms with Gasteiger partial charge in [0.15, 0.2) is 0 Å². The molecule has 0 bridgehead atoms. The SMILES string of the molecule is Cc1ccccc1Nc1ccc(N2CCN(Cc3nc4ccccc4n3C)CC2)cc1. The van der Waals surface area contributed by atoms with Crippen LogP contribution in [-0.4, -0.2) is 40.6 Å². The molecule has 1 aromatic heterocycles. The van der Waals surface area contributed by atoms with Crippen molar-refractivity contribution in [3.8, 4) is 0 Å². The lowest BCUT2D eigenvalue weighted by Gasteiger charge is -2.36. The summed E-state index contributed by atoms with van der Waals surface area (Å²) in [6, 6.07) is 25.5. The third-order valence-corrected chi connectivity index (χ3v) is 6.27. The van der Waals surface area contributed by atoms with E-state index in [0.717, 1.165) is 55.4 Å². The standard InChI is InChI=1S/C26H29N5/c1-20-7-3-4-8-23(20)27-21-11-13-22(14-12-21)31-17-15-30(16-18-31)19-26-28-24-9-5-6-10-25(24)29(26)2/h3-14,27H,15-19H2,1-2H3. The van der Waals surface area contributed by atoms with E-state index < -0.39 is 0 Å². The van der Waals surface area contributed by atoms with Gasteiger partial charge in [0.1, 0.15) is 5.82 Å². The smallest absolute Gasteiger partial charge is 0.123 e. The van der Waals surface area contributed by atoms with E-state index in [1.54, 1.807) is 0 Å². The second kappa shape index (κ2) is 8.44. The molecule has 1 aliphatic rings. The molecule has 5 heteroatoms. The number of nitrogens with zero attached hydrogens (tertiary/aromatic N) is 4. The van der Waals surface area contributed by atoms with Crippen molar-refractivity contribution < 1.29 is 0 Å². The molecule has 5 nitrogen and oxygen atoms in total. The number of hydrogen-bond acceptors (Lipinski definition) is 4. The van der Waals surface area contributed by atoms with Crippen molar-refractivity contribution in [2.24, 2.45) is 7.05 Å². The second-order valence-electron chi connectivity index (χ2n) is 8.33. The Morgan fingerprint density at radius 2 is 1.55 bits per heavy atom. The predicted octanol–water partition coefficient (Wildman–Crippen LogP) is 4.95. The number of piperazine rings is 1. The van der Waals surface area contributed by atoms with Crippen molar-refractivity contribution in [3.63, 3.8) is 0 Å². The number of aromatic nitrogens is 2. The topological polar surface area (TPSA) is 36.3 Å². The zero-order valence-electron chi connectivity index (χ0n) is 18.3. The first-order chi connectivity index (χ1) is 15.2. The molecule has 0 saturated carbocycles. The minimum absolute atomic E-state index is 0.901. The summed E-state index contributed by atoms with van der Waals surface area (Å²) in [6.45, 7) is 7.20. The maximum absolute atomic E-state index is 4.83. The van der Waals surface area contributed by atoms with Gasteiger partial charge < -0.3 is 14.8 Å². The molecule has 2 heterocycles. The van der Waals surface area contributed by atoms with E-state index in [4.69, 9.17) is 4.98 Å². The Bertz CT molecular complexity index is 1170. The zero-order valence-corrected chi connectivity index (χ0v) is 18.3. The molecule has 0 aliphatic carbocycles. The summed E-state index contributed by atoms with van der Waals surface area (Å²) >= 11 is 0. The van der Waals surface area contributed by atoms with Crippen LogP contribution in [0.15, 0.2) is 72.8 Å². The monoisotopic (exact) mass is 411 g/mol. The fourth-order valence-corrected chi connectivity index (χ4v) is 4.33. The molecule has 3 aromatic carbocycles. The number of rotatable bonds is 5. The maximum Gasteiger partial charge on any atom is 0.123 e. The van der Waals surface area contributed by atoms with Gasteiger partial charge in [-0.3, -0.25) is 4.90 Å². The van der Waals surface area contributed by atoms with Crippen LogP contribution in [0.3, 0.4) is 0 Å². The minimum atomic E-state index is 0.901. The quantitative estimate of drug-likeness (QED) is 0.504. The first-order valence-electron chi connectivity index (χ1n) is 11.0. The summed E-state index contributed by atoms with van der Waals surface area (Å²) in [6.07, 6.45) is 0. The van der Waals surface area contributed by atoms with Gasteiger partial charge in [0.2, 0.25) is 0 Å². The second-order valence-corrected chi connectivity index (χ2v) is 8.33. The molecule has 1 aliphatic heterocycles. The van der Waals surface area contributed by atoms with Crippen molar-refractivity contribution in [1.82, 2.24) is 14.5 Å². The van der Waals surface area contributed by atoms with Crippen molar-refractivity contribution in [2.75, 3.05) is 36.4 Å². The van der Waals surface area contributed by atoms with Crippen LogP contribution >= 0.6 is 0 Å². The fourth-order valence-electron chi connectivity index (χ4n) is 4.33. The maximum atomic E-state index is 4.83. The number of anilines is 3. The Hall–Kier alpha value is -3.31. The van der Waals surface area contributed by atoms with Crippen LogP contribution in [0.1, 0.15) is 11.4 Å². The highest BCUT2D eigenvalue weighted by atomic mass is 15.3. The van der Waals surface area contributed by atoms with Crippen LogP contribution in [0.5, 0.6) is 0 Å². The van der Waals surface area contributed by atoms with Gasteiger partial charge in [0.05, 0.1) is 17.6 Å². The molecule has 0 amide bonds. The summed E-state index contributed by atoms with van der Waals surface area (Å²) in [5.74, 6) is 1.14. The zero-order chi connectivity index (χ0) is 21.2. The van der Waals surface area contributed by atoms with E-state index in [1.165, 1.54) is 16.8 Å².